The van der Waals surface area contributed by atoms with Crippen LogP contribution < -0.4 is 4.74 Å². The average Bonchev–Trinajstić information content (AvgIpc) is 3.29. The Balaban J connectivity index is 1.53. The molecule has 3 aliphatic rings. The van der Waals surface area contributed by atoms with Gasteiger partial charge in [0.25, 0.3) is 0 Å². The second-order valence-corrected chi connectivity index (χ2v) is 9.71. The fraction of sp³-hybridized carbons (Fsp3) is 0.611. The molecule has 0 bridgehead atoms. The molecule has 0 aliphatic carbocycles. The van der Waals surface area contributed by atoms with Gasteiger partial charge in [0.1, 0.15) is 23.0 Å². The van der Waals surface area contributed by atoms with Crippen LogP contribution in [0.2, 0.25) is 0 Å². The summed E-state index contributed by atoms with van der Waals surface area (Å²) in [7, 11) is 0. The summed E-state index contributed by atoms with van der Waals surface area (Å²) in [5, 5.41) is 10.2. The molecule has 3 aliphatic heterocycles. The Morgan fingerprint density at radius 1 is 1.32 bits per heavy atom. The lowest BCUT2D eigenvalue weighted by atomic mass is 10.1. The van der Waals surface area contributed by atoms with Gasteiger partial charge in [0.15, 0.2) is 21.4 Å². The molecule has 0 spiro atoms. The summed E-state index contributed by atoms with van der Waals surface area (Å²) < 4.78 is 39.2. The van der Waals surface area contributed by atoms with Crippen LogP contribution in [-0.4, -0.2) is 56.4 Å². The average molecular weight is 569 g/mol. The quantitative estimate of drug-likeness (QED) is 0.348. The summed E-state index contributed by atoms with van der Waals surface area (Å²) in [4.78, 5) is 4.30. The first-order valence-electron chi connectivity index (χ1n) is 9.25. The molecule has 28 heavy (non-hydrogen) atoms. The van der Waals surface area contributed by atoms with Gasteiger partial charge in [0.05, 0.1) is 24.2 Å². The maximum atomic E-state index is 14.2. The predicted molar refractivity (Wildman–Crippen MR) is 109 cm³/mol. The molecule has 3 fully saturated rings. The maximum Gasteiger partial charge on any atom is 0.198 e. The summed E-state index contributed by atoms with van der Waals surface area (Å²) in [6, 6.07) is 3.23. The smallest absolute Gasteiger partial charge is 0.198 e. The van der Waals surface area contributed by atoms with Crippen LogP contribution in [0.3, 0.4) is 0 Å². The molecule has 1 N–H and O–H groups in total. The van der Waals surface area contributed by atoms with Gasteiger partial charge in [-0.15, -0.1) is 0 Å². The van der Waals surface area contributed by atoms with E-state index in [1.807, 2.05) is 4.57 Å². The zero-order valence-corrected chi connectivity index (χ0v) is 18.6. The van der Waals surface area contributed by atoms with Crippen molar-refractivity contribution in [3.05, 3.63) is 22.6 Å². The van der Waals surface area contributed by atoms with Crippen molar-refractivity contribution in [1.29, 1.82) is 0 Å². The number of aliphatic hydroxyl groups is 1. The van der Waals surface area contributed by atoms with Crippen LogP contribution in [-0.2, 0) is 14.2 Å². The summed E-state index contributed by atoms with van der Waals surface area (Å²) in [5.74, 6) is 0.0954. The summed E-state index contributed by atoms with van der Waals surface area (Å²) in [6.07, 6.45) is 1.11. The molecule has 2 aromatic rings. The van der Waals surface area contributed by atoms with E-state index >= 15 is 0 Å². The number of aliphatic hydroxyl groups excluding tert-OH is 1. The van der Waals surface area contributed by atoms with E-state index in [2.05, 4.69) is 43.5 Å². The Hall–Kier alpha value is -0.530. The van der Waals surface area contributed by atoms with Crippen molar-refractivity contribution in [1.82, 2.24) is 9.55 Å². The van der Waals surface area contributed by atoms with Crippen LogP contribution in [0.25, 0.3) is 11.0 Å². The third kappa shape index (κ3) is 3.07. The van der Waals surface area contributed by atoms with Crippen molar-refractivity contribution in [2.45, 2.75) is 47.4 Å². The molecule has 0 saturated carbocycles. The minimum Gasteiger partial charge on any atom is -0.470 e. The Kier molecular flexibility index (Phi) is 5.07. The Morgan fingerprint density at radius 3 is 2.96 bits per heavy atom. The zero-order valence-electron chi connectivity index (χ0n) is 14.8. The molecule has 0 radical (unpaired) electrons. The topological polar surface area (TPSA) is 75.0 Å². The Bertz CT molecular complexity index is 908. The van der Waals surface area contributed by atoms with E-state index in [1.165, 1.54) is 6.07 Å². The van der Waals surface area contributed by atoms with Gasteiger partial charge in [0.2, 0.25) is 0 Å². The second kappa shape index (κ2) is 7.31. The lowest BCUT2D eigenvalue weighted by molar-refractivity contribution is -0.0392. The van der Waals surface area contributed by atoms with Gasteiger partial charge in [-0.05, 0) is 57.8 Å². The van der Waals surface area contributed by atoms with Crippen molar-refractivity contribution in [2.75, 3.05) is 19.8 Å². The van der Waals surface area contributed by atoms with Crippen LogP contribution >= 0.6 is 38.5 Å². The van der Waals surface area contributed by atoms with Crippen molar-refractivity contribution in [3.8, 4) is 5.88 Å². The van der Waals surface area contributed by atoms with E-state index in [0.29, 0.717) is 30.1 Å². The number of pyridine rings is 1. The predicted octanol–water partition coefficient (Wildman–Crippen LogP) is 3.31. The highest BCUT2D eigenvalue weighted by Gasteiger charge is 2.59. The van der Waals surface area contributed by atoms with E-state index in [0.717, 1.165) is 19.3 Å². The van der Waals surface area contributed by atoms with E-state index in [4.69, 9.17) is 18.9 Å². The lowest BCUT2D eigenvalue weighted by Crippen LogP contribution is -2.42. The molecule has 10 heteroatoms. The maximum absolute atomic E-state index is 14.2. The molecule has 5 atom stereocenters. The summed E-state index contributed by atoms with van der Waals surface area (Å²) in [6.45, 7) is 1.16. The van der Waals surface area contributed by atoms with Crippen LogP contribution in [0, 0.1) is 5.82 Å². The molecule has 152 valence electrons. The molecule has 2 unspecified atom stereocenters. The third-order valence-electron chi connectivity index (χ3n) is 5.50. The van der Waals surface area contributed by atoms with Crippen molar-refractivity contribution < 1.29 is 28.4 Å². The first-order valence-corrected chi connectivity index (χ1v) is 11.1. The highest BCUT2D eigenvalue weighted by atomic mass is 127. The first kappa shape index (κ1) is 19.4. The number of nitrogens with zero attached hydrogens (tertiary/aromatic N) is 2. The lowest BCUT2D eigenvalue weighted by Gasteiger charge is -2.28. The monoisotopic (exact) mass is 568 g/mol. The number of ether oxygens (including phenoxy) is 4. The van der Waals surface area contributed by atoms with Crippen LogP contribution in [0.4, 0.5) is 4.39 Å². The molecule has 5 heterocycles. The molecule has 2 aromatic heterocycles. The number of aromatic nitrogens is 2. The standard InChI is InChI=1S/C18H19BrFIN2O5/c19-17-9(20)5-11-10(22-17)6-15(23(11)14-3-1-2-4-25-14)28-12-7-27-18(21)13(24)8-26-16(12)18/h5-6,12-14,16,24H,1-4,7-8H2/t12-,13-,14?,16-,18?/m1/s1. The highest BCUT2D eigenvalue weighted by molar-refractivity contribution is 14.1. The van der Waals surface area contributed by atoms with Gasteiger partial charge in [-0.1, -0.05) is 0 Å². The number of fused-ring (bicyclic) bond motifs is 2. The van der Waals surface area contributed by atoms with Crippen molar-refractivity contribution in [3.63, 3.8) is 0 Å². The normalized spacial score (nSPS) is 35.4. The first-order chi connectivity index (χ1) is 13.5. The minimum absolute atomic E-state index is 0.158. The van der Waals surface area contributed by atoms with Gasteiger partial charge in [-0.25, -0.2) is 9.37 Å². The zero-order chi connectivity index (χ0) is 19.5. The summed E-state index contributed by atoms with van der Waals surface area (Å²) in [5.41, 5.74) is 1.24. The second-order valence-electron chi connectivity index (χ2n) is 7.27. The molecule has 5 rings (SSSR count). The Labute approximate surface area is 182 Å². The molecule has 0 amide bonds. The number of halogens is 3. The number of hydrogen-bond donors (Lipinski definition) is 1. The van der Waals surface area contributed by atoms with Crippen molar-refractivity contribution >= 4 is 49.6 Å². The molecule has 7 nitrogen and oxygen atoms in total. The van der Waals surface area contributed by atoms with Gasteiger partial charge in [0, 0.05) is 18.7 Å². The largest absolute Gasteiger partial charge is 0.470 e. The third-order valence-corrected chi connectivity index (χ3v) is 7.70. The fourth-order valence-electron chi connectivity index (χ4n) is 4.09. The van der Waals surface area contributed by atoms with E-state index in [1.54, 1.807) is 6.07 Å². The van der Waals surface area contributed by atoms with Gasteiger partial charge in [-0.3, -0.25) is 4.57 Å². The van der Waals surface area contributed by atoms with Gasteiger partial charge < -0.3 is 24.1 Å². The number of alkyl halides is 1. The Morgan fingerprint density at radius 2 is 2.18 bits per heavy atom. The van der Waals surface area contributed by atoms with E-state index < -0.39 is 27.7 Å². The SMILES string of the molecule is O[C@@H]1CO[C@@H]2[C@H](Oc3cc4nc(Br)c(F)cc4n3C3CCCCO3)COC12I. The summed E-state index contributed by atoms with van der Waals surface area (Å²) >= 11 is 5.25. The molecule has 0 aromatic carbocycles. The van der Waals surface area contributed by atoms with E-state index in [9.17, 15) is 9.50 Å². The fourth-order valence-corrected chi connectivity index (χ4v) is 5.33. The van der Waals surface area contributed by atoms with E-state index in [-0.39, 0.29) is 17.4 Å². The van der Waals surface area contributed by atoms with Gasteiger partial charge >= 0.3 is 0 Å². The molecular weight excluding hydrogens is 550 g/mol. The number of rotatable bonds is 3. The highest BCUT2D eigenvalue weighted by Crippen LogP contribution is 2.45. The van der Waals surface area contributed by atoms with Crippen LogP contribution in [0.5, 0.6) is 5.88 Å². The molecule has 3 saturated heterocycles. The van der Waals surface area contributed by atoms with Gasteiger partial charge in [-0.2, -0.15) is 0 Å². The number of hydrogen-bond acceptors (Lipinski definition) is 6. The van der Waals surface area contributed by atoms with Crippen LogP contribution in [0.15, 0.2) is 16.7 Å². The van der Waals surface area contributed by atoms with Crippen LogP contribution in [0.1, 0.15) is 25.5 Å². The molecular formula is C18H19BrFIN2O5. The van der Waals surface area contributed by atoms with Crippen molar-refractivity contribution in [2.24, 2.45) is 0 Å². The minimum atomic E-state index is -0.812.